The molecule has 1 N–H and O–H groups in total. The maximum Gasteiger partial charge on any atom is 0.245 e. The molecule has 0 fully saturated rings. The Morgan fingerprint density at radius 3 is 2.21 bits per heavy atom. The molecule has 2 rings (SSSR count). The van der Waals surface area contributed by atoms with Crippen molar-refractivity contribution >= 4 is 62.1 Å². The van der Waals surface area contributed by atoms with E-state index in [2.05, 4.69) is 5.32 Å². The molecule has 9 heteroatoms. The summed E-state index contributed by atoms with van der Waals surface area (Å²) in [5.41, 5.74) is 0.632. The van der Waals surface area contributed by atoms with Crippen LogP contribution in [0, 0.1) is 0 Å². The van der Waals surface area contributed by atoms with Crippen LogP contribution in [-0.4, -0.2) is 27.1 Å². The fourth-order valence-corrected chi connectivity index (χ4v) is 3.34. The largest absolute Gasteiger partial charge is 0.325 e. The van der Waals surface area contributed by atoms with Crippen LogP contribution in [0.4, 0.5) is 11.4 Å². The maximum atomic E-state index is 12.2. The summed E-state index contributed by atoms with van der Waals surface area (Å²) in [5, 5.41) is 3.60. The lowest BCUT2D eigenvalue weighted by Gasteiger charge is -2.23. The zero-order chi connectivity index (χ0) is 17.9. The summed E-state index contributed by atoms with van der Waals surface area (Å²) in [6.07, 6.45) is 0.986. The second kappa shape index (κ2) is 7.61. The van der Waals surface area contributed by atoms with Gasteiger partial charge in [-0.2, -0.15) is 0 Å². The van der Waals surface area contributed by atoms with Gasteiger partial charge in [-0.05, 0) is 42.5 Å². The number of sulfonamides is 1. The van der Waals surface area contributed by atoms with Gasteiger partial charge in [-0.3, -0.25) is 9.10 Å². The Labute approximate surface area is 155 Å². The van der Waals surface area contributed by atoms with Gasteiger partial charge in [0.2, 0.25) is 15.9 Å². The third-order valence-electron chi connectivity index (χ3n) is 2.99. The minimum Gasteiger partial charge on any atom is -0.325 e. The molecule has 0 heterocycles. The summed E-state index contributed by atoms with van der Waals surface area (Å²) in [5.74, 6) is -0.529. The number of rotatable bonds is 5. The molecule has 0 aliphatic carbocycles. The van der Waals surface area contributed by atoms with Crippen LogP contribution >= 0.6 is 34.8 Å². The fraction of sp³-hybridized carbons (Fsp3) is 0.133. The first kappa shape index (κ1) is 18.9. The zero-order valence-electron chi connectivity index (χ0n) is 12.5. The van der Waals surface area contributed by atoms with Gasteiger partial charge in [-0.25, -0.2) is 8.42 Å². The predicted octanol–water partition coefficient (Wildman–Crippen LogP) is 4.05. The highest BCUT2D eigenvalue weighted by Crippen LogP contribution is 2.30. The van der Waals surface area contributed by atoms with E-state index in [4.69, 9.17) is 34.8 Å². The predicted molar refractivity (Wildman–Crippen MR) is 98.7 cm³/mol. The number of halogens is 3. The smallest absolute Gasteiger partial charge is 0.245 e. The van der Waals surface area contributed by atoms with Crippen LogP contribution in [-0.2, 0) is 14.8 Å². The lowest BCUT2D eigenvalue weighted by Crippen LogP contribution is -2.37. The van der Waals surface area contributed by atoms with Gasteiger partial charge in [0.25, 0.3) is 0 Å². The zero-order valence-corrected chi connectivity index (χ0v) is 15.5. The molecule has 24 heavy (non-hydrogen) atoms. The quantitative estimate of drug-likeness (QED) is 0.813. The van der Waals surface area contributed by atoms with E-state index >= 15 is 0 Å². The Hall–Kier alpha value is -1.47. The van der Waals surface area contributed by atoms with Gasteiger partial charge in [0.15, 0.2) is 0 Å². The highest BCUT2D eigenvalue weighted by atomic mass is 35.5. The molecule has 5 nitrogen and oxygen atoms in total. The number of amides is 1. The minimum absolute atomic E-state index is 0.137. The Bertz CT molecular complexity index is 855. The lowest BCUT2D eigenvalue weighted by molar-refractivity contribution is -0.114. The average molecular weight is 408 g/mol. The van der Waals surface area contributed by atoms with Crippen molar-refractivity contribution < 1.29 is 13.2 Å². The number of anilines is 2. The second-order valence-corrected chi connectivity index (χ2v) is 8.11. The Morgan fingerprint density at radius 1 is 1.04 bits per heavy atom. The van der Waals surface area contributed by atoms with E-state index in [1.165, 1.54) is 18.2 Å². The van der Waals surface area contributed by atoms with E-state index in [9.17, 15) is 13.2 Å². The topological polar surface area (TPSA) is 66.5 Å². The van der Waals surface area contributed by atoms with Crippen LogP contribution in [0.5, 0.6) is 0 Å². The van der Waals surface area contributed by atoms with E-state index in [1.54, 1.807) is 24.3 Å². The lowest BCUT2D eigenvalue weighted by atomic mass is 10.3. The Balaban J connectivity index is 2.25. The molecular weight excluding hydrogens is 395 g/mol. The molecule has 0 aliphatic heterocycles. The molecule has 0 aliphatic rings. The van der Waals surface area contributed by atoms with E-state index in [-0.39, 0.29) is 10.7 Å². The molecule has 0 aromatic heterocycles. The van der Waals surface area contributed by atoms with Gasteiger partial charge in [0.1, 0.15) is 6.54 Å². The standard InChI is InChI=1S/C15H13Cl3N2O3S/c1-24(22,23)20(14-8-11(17)4-7-13(14)18)9-15(21)19-12-5-2-10(16)3-6-12/h2-8H,9H2,1H3,(H,19,21). The van der Waals surface area contributed by atoms with Gasteiger partial charge in [0, 0.05) is 15.7 Å². The highest BCUT2D eigenvalue weighted by molar-refractivity contribution is 7.92. The third kappa shape index (κ3) is 5.01. The molecular formula is C15H13Cl3N2O3S. The molecule has 0 saturated carbocycles. The first-order chi connectivity index (χ1) is 11.2. The van der Waals surface area contributed by atoms with Crippen LogP contribution in [0.3, 0.4) is 0 Å². The van der Waals surface area contributed by atoms with Crippen molar-refractivity contribution in [3.63, 3.8) is 0 Å². The van der Waals surface area contributed by atoms with E-state index in [0.29, 0.717) is 15.7 Å². The molecule has 0 unspecified atom stereocenters. The second-order valence-electron chi connectivity index (χ2n) is 4.92. The molecule has 1 amide bonds. The number of nitrogens with zero attached hydrogens (tertiary/aromatic N) is 1. The monoisotopic (exact) mass is 406 g/mol. The molecule has 0 atom stereocenters. The van der Waals surface area contributed by atoms with Gasteiger partial charge in [-0.1, -0.05) is 34.8 Å². The first-order valence-corrected chi connectivity index (χ1v) is 9.63. The molecule has 0 saturated heterocycles. The van der Waals surface area contributed by atoms with Gasteiger partial charge in [0.05, 0.1) is 17.0 Å². The van der Waals surface area contributed by atoms with Crippen molar-refractivity contribution in [2.45, 2.75) is 0 Å². The van der Waals surface area contributed by atoms with Crippen LogP contribution in [0.25, 0.3) is 0 Å². The summed E-state index contributed by atoms with van der Waals surface area (Å²) >= 11 is 17.7. The Morgan fingerprint density at radius 2 is 1.62 bits per heavy atom. The number of hydrogen-bond acceptors (Lipinski definition) is 3. The number of nitrogens with one attached hydrogen (secondary N) is 1. The normalized spacial score (nSPS) is 11.2. The van der Waals surface area contributed by atoms with Crippen molar-refractivity contribution in [3.8, 4) is 0 Å². The molecule has 0 spiro atoms. The van der Waals surface area contributed by atoms with E-state index in [1.807, 2.05) is 0 Å². The maximum absolute atomic E-state index is 12.2. The van der Waals surface area contributed by atoms with Gasteiger partial charge < -0.3 is 5.32 Å². The highest BCUT2D eigenvalue weighted by Gasteiger charge is 2.23. The SMILES string of the molecule is CS(=O)(=O)N(CC(=O)Nc1ccc(Cl)cc1)c1cc(Cl)ccc1Cl. The summed E-state index contributed by atoms with van der Waals surface area (Å²) in [6, 6.07) is 10.8. The van der Waals surface area contributed by atoms with Crippen molar-refractivity contribution in [2.75, 3.05) is 22.4 Å². The van der Waals surface area contributed by atoms with Crippen LogP contribution in [0.1, 0.15) is 0 Å². The van der Waals surface area contributed by atoms with Gasteiger partial charge >= 0.3 is 0 Å². The van der Waals surface area contributed by atoms with Crippen LogP contribution in [0.15, 0.2) is 42.5 Å². The number of carbonyl (C=O) groups is 1. The van der Waals surface area contributed by atoms with Gasteiger partial charge in [-0.15, -0.1) is 0 Å². The summed E-state index contributed by atoms with van der Waals surface area (Å²) in [6.45, 7) is -0.443. The summed E-state index contributed by atoms with van der Waals surface area (Å²) in [4.78, 5) is 12.2. The van der Waals surface area contributed by atoms with Crippen molar-refractivity contribution in [2.24, 2.45) is 0 Å². The number of carbonyl (C=O) groups excluding carboxylic acids is 1. The number of hydrogen-bond donors (Lipinski definition) is 1. The van der Waals surface area contributed by atoms with Crippen molar-refractivity contribution in [1.29, 1.82) is 0 Å². The minimum atomic E-state index is -3.74. The van der Waals surface area contributed by atoms with E-state index < -0.39 is 22.5 Å². The average Bonchev–Trinajstić information content (AvgIpc) is 2.49. The molecule has 128 valence electrons. The summed E-state index contributed by atoms with van der Waals surface area (Å²) in [7, 11) is -3.74. The third-order valence-corrected chi connectivity index (χ3v) is 4.93. The van der Waals surface area contributed by atoms with Crippen LogP contribution < -0.4 is 9.62 Å². The fourth-order valence-electron chi connectivity index (χ4n) is 1.92. The summed E-state index contributed by atoms with van der Waals surface area (Å²) < 4.78 is 25.0. The molecule has 2 aromatic rings. The van der Waals surface area contributed by atoms with Crippen LogP contribution in [0.2, 0.25) is 15.1 Å². The first-order valence-electron chi connectivity index (χ1n) is 6.65. The molecule has 0 radical (unpaired) electrons. The Kier molecular flexibility index (Phi) is 5.98. The van der Waals surface area contributed by atoms with Crippen molar-refractivity contribution in [1.82, 2.24) is 0 Å². The molecule has 0 bridgehead atoms. The molecule has 2 aromatic carbocycles. The van der Waals surface area contributed by atoms with Crippen molar-refractivity contribution in [3.05, 3.63) is 57.5 Å². The number of benzene rings is 2. The van der Waals surface area contributed by atoms with E-state index in [0.717, 1.165) is 10.6 Å².